The summed E-state index contributed by atoms with van der Waals surface area (Å²) in [5.74, 6) is 0.942. The van der Waals surface area contributed by atoms with Crippen LogP contribution in [0.4, 0.5) is 0 Å². The molecule has 1 aromatic carbocycles. The van der Waals surface area contributed by atoms with Crippen LogP contribution in [0.3, 0.4) is 0 Å². The fraction of sp³-hybridized carbons (Fsp3) is 0.500. The molecule has 5 heteroatoms. The van der Waals surface area contributed by atoms with Crippen LogP contribution >= 0.6 is 0 Å². The molecule has 1 amide bonds. The van der Waals surface area contributed by atoms with Crippen molar-refractivity contribution in [3.63, 3.8) is 0 Å². The first kappa shape index (κ1) is 14.1. The minimum atomic E-state index is -2.79. The van der Waals surface area contributed by atoms with Crippen molar-refractivity contribution in [3.8, 4) is 0 Å². The highest BCUT2D eigenvalue weighted by atomic mass is 32.2. The first-order chi connectivity index (χ1) is 9.07. The lowest BCUT2D eigenvalue weighted by atomic mass is 9.99. The van der Waals surface area contributed by atoms with Gasteiger partial charge in [-0.1, -0.05) is 18.2 Å². The van der Waals surface area contributed by atoms with E-state index in [1.165, 1.54) is 0 Å². The van der Waals surface area contributed by atoms with Crippen LogP contribution in [0.25, 0.3) is 0 Å². The molecule has 0 aliphatic carbocycles. The van der Waals surface area contributed by atoms with Crippen LogP contribution in [0.15, 0.2) is 30.3 Å². The summed E-state index contributed by atoms with van der Waals surface area (Å²) in [5, 5.41) is 2.88. The van der Waals surface area contributed by atoms with E-state index >= 15 is 0 Å². The normalized spacial score (nSPS) is 18.9. The molecule has 104 valence electrons. The zero-order chi connectivity index (χ0) is 13.7. The third-order valence-electron chi connectivity index (χ3n) is 3.55. The van der Waals surface area contributed by atoms with E-state index in [-0.39, 0.29) is 5.91 Å². The molecule has 1 N–H and O–H groups in total. The lowest BCUT2D eigenvalue weighted by molar-refractivity contribution is 0.0951. The minimum absolute atomic E-state index is 0.0657. The van der Waals surface area contributed by atoms with Crippen molar-refractivity contribution in [2.75, 3.05) is 18.1 Å². The van der Waals surface area contributed by atoms with Crippen molar-refractivity contribution in [1.29, 1.82) is 0 Å². The Bertz CT molecular complexity index is 511. The van der Waals surface area contributed by atoms with E-state index in [1.807, 2.05) is 18.2 Å². The molecule has 0 bridgehead atoms. The molecule has 0 atom stereocenters. The van der Waals surface area contributed by atoms with Gasteiger partial charge in [0.1, 0.15) is 9.84 Å². The maximum Gasteiger partial charge on any atom is 0.251 e. The second-order valence-electron chi connectivity index (χ2n) is 5.01. The summed E-state index contributed by atoms with van der Waals surface area (Å²) >= 11 is 0. The number of sulfone groups is 1. The Kier molecular flexibility index (Phi) is 4.58. The van der Waals surface area contributed by atoms with Gasteiger partial charge in [-0.2, -0.15) is 0 Å². The van der Waals surface area contributed by atoms with Crippen molar-refractivity contribution in [3.05, 3.63) is 35.9 Å². The minimum Gasteiger partial charge on any atom is -0.352 e. The highest BCUT2D eigenvalue weighted by molar-refractivity contribution is 7.91. The van der Waals surface area contributed by atoms with E-state index in [0.29, 0.717) is 29.5 Å². The fourth-order valence-electron chi connectivity index (χ4n) is 2.31. The predicted octanol–water partition coefficient (Wildman–Crippen LogP) is 1.63. The predicted molar refractivity (Wildman–Crippen MR) is 74.8 cm³/mol. The summed E-state index contributed by atoms with van der Waals surface area (Å²) in [5.41, 5.74) is 0.661. The van der Waals surface area contributed by atoms with E-state index in [1.54, 1.807) is 12.1 Å². The Morgan fingerprint density at radius 1 is 1.16 bits per heavy atom. The number of rotatable bonds is 4. The molecular weight excluding hydrogens is 262 g/mol. The molecule has 0 radical (unpaired) electrons. The van der Waals surface area contributed by atoms with Crippen molar-refractivity contribution >= 4 is 15.7 Å². The van der Waals surface area contributed by atoms with Crippen LogP contribution in [-0.2, 0) is 9.84 Å². The number of hydrogen-bond donors (Lipinski definition) is 1. The highest BCUT2D eigenvalue weighted by Crippen LogP contribution is 2.21. The van der Waals surface area contributed by atoms with Crippen LogP contribution in [0.5, 0.6) is 0 Å². The average Bonchev–Trinajstić information content (AvgIpc) is 2.41. The quantitative estimate of drug-likeness (QED) is 0.912. The van der Waals surface area contributed by atoms with E-state index in [0.717, 1.165) is 19.3 Å². The standard InChI is InChI=1S/C14H19NO3S/c16-14(13-4-2-1-3-5-13)15-9-6-12-7-10-19(17,18)11-8-12/h1-5,12H,6-11H2,(H,15,16). The second kappa shape index (κ2) is 6.19. The Hall–Kier alpha value is -1.36. The molecule has 19 heavy (non-hydrogen) atoms. The van der Waals surface area contributed by atoms with Gasteiger partial charge in [0.25, 0.3) is 5.91 Å². The summed E-state index contributed by atoms with van der Waals surface area (Å²) in [6.07, 6.45) is 2.31. The number of carbonyl (C=O) groups excluding carboxylic acids is 1. The zero-order valence-electron chi connectivity index (χ0n) is 10.8. The Labute approximate surface area is 114 Å². The summed E-state index contributed by atoms with van der Waals surface area (Å²) < 4.78 is 22.6. The lowest BCUT2D eigenvalue weighted by Crippen LogP contribution is -2.29. The van der Waals surface area contributed by atoms with Gasteiger partial charge >= 0.3 is 0 Å². The van der Waals surface area contributed by atoms with Crippen LogP contribution < -0.4 is 5.32 Å². The highest BCUT2D eigenvalue weighted by Gasteiger charge is 2.23. The van der Waals surface area contributed by atoms with Gasteiger partial charge in [-0.3, -0.25) is 4.79 Å². The summed E-state index contributed by atoms with van der Waals surface area (Å²) in [6.45, 7) is 0.610. The molecule has 0 spiro atoms. The largest absolute Gasteiger partial charge is 0.352 e. The molecule has 0 unspecified atom stereocenters. The Morgan fingerprint density at radius 2 is 1.79 bits per heavy atom. The molecule has 0 aromatic heterocycles. The molecule has 0 saturated carbocycles. The van der Waals surface area contributed by atoms with Crippen LogP contribution in [0, 0.1) is 5.92 Å². The molecule has 1 fully saturated rings. The lowest BCUT2D eigenvalue weighted by Gasteiger charge is -2.21. The first-order valence-electron chi connectivity index (χ1n) is 6.60. The number of carbonyl (C=O) groups is 1. The van der Waals surface area contributed by atoms with Crippen molar-refractivity contribution < 1.29 is 13.2 Å². The van der Waals surface area contributed by atoms with Gasteiger partial charge in [0.2, 0.25) is 0 Å². The topological polar surface area (TPSA) is 63.2 Å². The van der Waals surface area contributed by atoms with Gasteiger partial charge in [-0.25, -0.2) is 8.42 Å². The van der Waals surface area contributed by atoms with Gasteiger partial charge in [-0.05, 0) is 37.3 Å². The molecule has 1 aromatic rings. The van der Waals surface area contributed by atoms with Crippen molar-refractivity contribution in [2.24, 2.45) is 5.92 Å². The smallest absolute Gasteiger partial charge is 0.251 e. The van der Waals surface area contributed by atoms with Crippen LogP contribution in [0.1, 0.15) is 29.6 Å². The Balaban J connectivity index is 1.71. The van der Waals surface area contributed by atoms with Gasteiger partial charge in [-0.15, -0.1) is 0 Å². The molecular formula is C14H19NO3S. The molecule has 1 aliphatic heterocycles. The number of benzene rings is 1. The van der Waals surface area contributed by atoms with Crippen molar-refractivity contribution in [1.82, 2.24) is 5.32 Å². The van der Waals surface area contributed by atoms with Gasteiger partial charge in [0.15, 0.2) is 0 Å². The van der Waals surface area contributed by atoms with E-state index < -0.39 is 9.84 Å². The van der Waals surface area contributed by atoms with Crippen molar-refractivity contribution in [2.45, 2.75) is 19.3 Å². The van der Waals surface area contributed by atoms with Gasteiger partial charge in [0, 0.05) is 12.1 Å². The summed E-state index contributed by atoms with van der Waals surface area (Å²) in [7, 11) is -2.79. The average molecular weight is 281 g/mol. The summed E-state index contributed by atoms with van der Waals surface area (Å²) in [6, 6.07) is 9.10. The van der Waals surface area contributed by atoms with E-state index in [4.69, 9.17) is 0 Å². The van der Waals surface area contributed by atoms with Crippen LogP contribution in [0.2, 0.25) is 0 Å². The maximum atomic E-state index is 11.8. The van der Waals surface area contributed by atoms with Crippen LogP contribution in [-0.4, -0.2) is 32.4 Å². The van der Waals surface area contributed by atoms with Gasteiger partial charge in [0.05, 0.1) is 11.5 Å². The fourth-order valence-corrected chi connectivity index (χ4v) is 3.90. The molecule has 1 heterocycles. The second-order valence-corrected chi connectivity index (χ2v) is 7.31. The van der Waals surface area contributed by atoms with E-state index in [9.17, 15) is 13.2 Å². The molecule has 2 rings (SSSR count). The monoisotopic (exact) mass is 281 g/mol. The zero-order valence-corrected chi connectivity index (χ0v) is 11.7. The number of amides is 1. The van der Waals surface area contributed by atoms with Gasteiger partial charge < -0.3 is 5.32 Å². The molecule has 1 saturated heterocycles. The third-order valence-corrected chi connectivity index (χ3v) is 5.26. The van der Waals surface area contributed by atoms with E-state index in [2.05, 4.69) is 5.32 Å². The Morgan fingerprint density at radius 3 is 2.42 bits per heavy atom. The molecule has 4 nitrogen and oxygen atoms in total. The maximum absolute atomic E-state index is 11.8. The number of hydrogen-bond acceptors (Lipinski definition) is 3. The first-order valence-corrected chi connectivity index (χ1v) is 8.43. The number of nitrogens with one attached hydrogen (secondary N) is 1. The SMILES string of the molecule is O=C(NCCC1CCS(=O)(=O)CC1)c1ccccc1. The third kappa shape index (κ3) is 4.35. The summed E-state index contributed by atoms with van der Waals surface area (Å²) in [4.78, 5) is 11.8. The molecule has 1 aliphatic rings.